The number of nitrogen functional groups attached to an aromatic ring is 1. The number of rotatable bonds is 4. The van der Waals surface area contributed by atoms with Crippen molar-refractivity contribution in [2.24, 2.45) is 0 Å². The maximum atomic E-state index is 6.37. The first-order valence-electron chi connectivity index (χ1n) is 9.24. The number of aromatic nitrogens is 2. The number of anilines is 4. The zero-order valence-corrected chi connectivity index (χ0v) is 17.4. The van der Waals surface area contributed by atoms with Crippen LogP contribution < -0.4 is 21.7 Å². The lowest BCUT2D eigenvalue weighted by atomic mass is 9.79. The van der Waals surface area contributed by atoms with Crippen LogP contribution in [0.1, 0.15) is 46.1 Å². The molecule has 7 heteroatoms. The van der Waals surface area contributed by atoms with Crippen LogP contribution in [0, 0.1) is 6.92 Å². The van der Waals surface area contributed by atoms with Gasteiger partial charge in [-0.05, 0) is 65.2 Å². The molecule has 27 heavy (non-hydrogen) atoms. The molecule has 5 N–H and O–H groups in total. The zero-order chi connectivity index (χ0) is 19.8. The molecule has 0 bridgehead atoms. The lowest BCUT2D eigenvalue weighted by Crippen LogP contribution is -2.60. The smallest absolute Gasteiger partial charge is 0.159 e. The van der Waals surface area contributed by atoms with E-state index in [0.717, 1.165) is 24.1 Å². The SMILES string of the molecule is Cc1ccc(Cl)cc1Nc1ncnc(NC2CC(C)(C)NC(C)(C)C2)c1N. The van der Waals surface area contributed by atoms with Crippen molar-refractivity contribution in [3.8, 4) is 0 Å². The van der Waals surface area contributed by atoms with Crippen molar-refractivity contribution >= 4 is 34.6 Å². The molecular formula is C20H29ClN6. The number of nitrogens with two attached hydrogens (primary N) is 1. The lowest BCUT2D eigenvalue weighted by molar-refractivity contribution is 0.170. The summed E-state index contributed by atoms with van der Waals surface area (Å²) >= 11 is 6.11. The first-order valence-corrected chi connectivity index (χ1v) is 9.62. The molecule has 0 spiro atoms. The van der Waals surface area contributed by atoms with Crippen molar-refractivity contribution in [1.82, 2.24) is 15.3 Å². The summed E-state index contributed by atoms with van der Waals surface area (Å²) in [5, 5.41) is 11.2. The van der Waals surface area contributed by atoms with Gasteiger partial charge < -0.3 is 21.7 Å². The number of halogens is 1. The minimum atomic E-state index is 0.0419. The molecule has 3 rings (SSSR count). The predicted octanol–water partition coefficient (Wildman–Crippen LogP) is 4.49. The van der Waals surface area contributed by atoms with E-state index in [4.69, 9.17) is 17.3 Å². The number of hydrogen-bond donors (Lipinski definition) is 4. The molecule has 2 heterocycles. The van der Waals surface area contributed by atoms with Crippen molar-refractivity contribution < 1.29 is 0 Å². The molecule has 1 aromatic carbocycles. The molecule has 1 aliphatic heterocycles. The van der Waals surface area contributed by atoms with Crippen LogP contribution in [0.25, 0.3) is 0 Å². The summed E-state index contributed by atoms with van der Waals surface area (Å²) in [7, 11) is 0. The van der Waals surface area contributed by atoms with E-state index in [1.165, 1.54) is 6.33 Å². The minimum absolute atomic E-state index is 0.0419. The third-order valence-electron chi connectivity index (χ3n) is 4.87. The Morgan fingerprint density at radius 1 is 1.11 bits per heavy atom. The van der Waals surface area contributed by atoms with Crippen molar-refractivity contribution in [3.63, 3.8) is 0 Å². The number of aryl methyl sites for hydroxylation is 1. The van der Waals surface area contributed by atoms with Crippen molar-refractivity contribution in [1.29, 1.82) is 0 Å². The third kappa shape index (κ3) is 4.82. The monoisotopic (exact) mass is 388 g/mol. The average molecular weight is 389 g/mol. The second-order valence-corrected chi connectivity index (χ2v) is 9.15. The van der Waals surface area contributed by atoms with E-state index in [1.54, 1.807) is 0 Å². The van der Waals surface area contributed by atoms with Gasteiger partial charge in [0.1, 0.15) is 12.0 Å². The maximum absolute atomic E-state index is 6.37. The molecule has 1 fully saturated rings. The highest BCUT2D eigenvalue weighted by atomic mass is 35.5. The number of nitrogens with zero attached hydrogens (tertiary/aromatic N) is 2. The van der Waals surface area contributed by atoms with Crippen LogP contribution in [-0.2, 0) is 0 Å². The molecule has 1 aromatic heterocycles. The van der Waals surface area contributed by atoms with E-state index in [0.29, 0.717) is 22.3 Å². The highest BCUT2D eigenvalue weighted by Gasteiger charge is 2.37. The predicted molar refractivity (Wildman–Crippen MR) is 114 cm³/mol. The van der Waals surface area contributed by atoms with E-state index in [1.807, 2.05) is 25.1 Å². The van der Waals surface area contributed by atoms with Crippen molar-refractivity contribution in [3.05, 3.63) is 35.1 Å². The van der Waals surface area contributed by atoms with Crippen molar-refractivity contribution in [2.75, 3.05) is 16.4 Å². The van der Waals surface area contributed by atoms with E-state index in [2.05, 4.69) is 53.6 Å². The molecule has 1 aliphatic rings. The summed E-state index contributed by atoms with van der Waals surface area (Å²) in [5.41, 5.74) is 8.90. The van der Waals surface area contributed by atoms with Gasteiger partial charge in [0.2, 0.25) is 0 Å². The summed E-state index contributed by atoms with van der Waals surface area (Å²) in [5.74, 6) is 1.23. The van der Waals surface area contributed by atoms with Gasteiger partial charge in [-0.3, -0.25) is 0 Å². The Balaban J connectivity index is 1.82. The molecule has 0 radical (unpaired) electrons. The van der Waals surface area contributed by atoms with Crippen LogP contribution in [0.3, 0.4) is 0 Å². The number of nitrogens with one attached hydrogen (secondary N) is 3. The van der Waals surface area contributed by atoms with Gasteiger partial charge in [-0.15, -0.1) is 0 Å². The fraction of sp³-hybridized carbons (Fsp3) is 0.500. The zero-order valence-electron chi connectivity index (χ0n) is 16.7. The molecule has 146 valence electrons. The maximum Gasteiger partial charge on any atom is 0.159 e. The molecule has 0 aliphatic carbocycles. The van der Waals surface area contributed by atoms with Gasteiger partial charge in [0.15, 0.2) is 11.6 Å². The second kappa shape index (κ2) is 7.17. The quantitative estimate of drug-likeness (QED) is 0.617. The molecule has 0 unspecified atom stereocenters. The summed E-state index contributed by atoms with van der Waals surface area (Å²) < 4.78 is 0. The van der Waals surface area contributed by atoms with E-state index in [9.17, 15) is 0 Å². The minimum Gasteiger partial charge on any atom is -0.393 e. The topological polar surface area (TPSA) is 87.9 Å². The third-order valence-corrected chi connectivity index (χ3v) is 5.10. The normalized spacial score (nSPS) is 18.9. The largest absolute Gasteiger partial charge is 0.393 e. The van der Waals surface area contributed by atoms with E-state index in [-0.39, 0.29) is 17.1 Å². The summed E-state index contributed by atoms with van der Waals surface area (Å²) in [6.07, 6.45) is 3.49. The van der Waals surface area contributed by atoms with Gasteiger partial charge in [-0.25, -0.2) is 9.97 Å². The van der Waals surface area contributed by atoms with Crippen LogP contribution in [0.4, 0.5) is 23.0 Å². The Morgan fingerprint density at radius 2 is 1.74 bits per heavy atom. The van der Waals surface area contributed by atoms with Gasteiger partial charge in [0.05, 0.1) is 0 Å². The number of hydrogen-bond acceptors (Lipinski definition) is 6. The van der Waals surface area contributed by atoms with Gasteiger partial charge >= 0.3 is 0 Å². The number of benzene rings is 1. The summed E-state index contributed by atoms with van der Waals surface area (Å²) in [6, 6.07) is 5.96. The van der Waals surface area contributed by atoms with Crippen LogP contribution in [0.2, 0.25) is 5.02 Å². The summed E-state index contributed by atoms with van der Waals surface area (Å²) in [4.78, 5) is 8.69. The Kier molecular flexibility index (Phi) is 5.23. The first kappa shape index (κ1) is 19.7. The Labute approximate surface area is 166 Å². The first-order chi connectivity index (χ1) is 12.5. The van der Waals surface area contributed by atoms with Crippen molar-refractivity contribution in [2.45, 2.75) is 64.6 Å². The van der Waals surface area contributed by atoms with Gasteiger partial charge in [-0.1, -0.05) is 17.7 Å². The highest BCUT2D eigenvalue weighted by molar-refractivity contribution is 6.30. The van der Waals surface area contributed by atoms with E-state index >= 15 is 0 Å². The summed E-state index contributed by atoms with van der Waals surface area (Å²) in [6.45, 7) is 10.9. The molecule has 0 saturated carbocycles. The molecule has 2 aromatic rings. The fourth-order valence-electron chi connectivity index (χ4n) is 4.08. The molecule has 0 atom stereocenters. The Morgan fingerprint density at radius 3 is 2.41 bits per heavy atom. The highest BCUT2D eigenvalue weighted by Crippen LogP contribution is 2.33. The number of piperidine rings is 1. The molecule has 1 saturated heterocycles. The molecule has 0 amide bonds. The van der Waals surface area contributed by atoms with Crippen LogP contribution in [0.15, 0.2) is 24.5 Å². The van der Waals surface area contributed by atoms with Crippen LogP contribution in [0.5, 0.6) is 0 Å². The van der Waals surface area contributed by atoms with Crippen LogP contribution in [-0.4, -0.2) is 27.1 Å². The average Bonchev–Trinajstić information content (AvgIpc) is 2.51. The molecule has 6 nitrogen and oxygen atoms in total. The Hall–Kier alpha value is -2.05. The van der Waals surface area contributed by atoms with Gasteiger partial charge in [-0.2, -0.15) is 0 Å². The second-order valence-electron chi connectivity index (χ2n) is 8.71. The standard InChI is InChI=1S/C20H29ClN6/c1-12-6-7-13(21)8-15(12)26-18-16(22)17(23-11-24-18)25-14-9-19(2,3)27-20(4,5)10-14/h6-8,11,14,27H,9-10,22H2,1-5H3,(H2,23,24,25,26). The van der Waals surface area contributed by atoms with Gasteiger partial charge in [0.25, 0.3) is 0 Å². The van der Waals surface area contributed by atoms with E-state index < -0.39 is 0 Å². The molecular weight excluding hydrogens is 360 g/mol. The lowest BCUT2D eigenvalue weighted by Gasteiger charge is -2.46. The fourth-order valence-corrected chi connectivity index (χ4v) is 4.26. The Bertz CT molecular complexity index is 817. The van der Waals surface area contributed by atoms with Crippen LogP contribution >= 0.6 is 11.6 Å². The van der Waals surface area contributed by atoms with Gasteiger partial charge in [0, 0.05) is 27.8 Å².